The van der Waals surface area contributed by atoms with E-state index in [-0.39, 0.29) is 0 Å². The molecule has 3 heteroatoms. The lowest BCUT2D eigenvalue weighted by Gasteiger charge is -2.27. The number of aromatic nitrogens is 1. The summed E-state index contributed by atoms with van der Waals surface area (Å²) in [5, 5.41) is 3.30. The van der Waals surface area contributed by atoms with Gasteiger partial charge in [-0.25, -0.2) is 4.98 Å². The third-order valence-electron chi connectivity index (χ3n) is 2.12. The van der Waals surface area contributed by atoms with Crippen LogP contribution in [-0.4, -0.2) is 18.7 Å². The third kappa shape index (κ3) is 1.16. The minimum atomic E-state index is 0.892. The molecule has 0 atom stereocenters. The van der Waals surface area contributed by atoms with E-state index < -0.39 is 0 Å². The summed E-state index contributed by atoms with van der Waals surface area (Å²) in [6, 6.07) is 4.19. The number of fused-ring (bicyclic) bond motifs is 1. The van der Waals surface area contributed by atoms with Crippen molar-refractivity contribution in [3.63, 3.8) is 0 Å². The molecule has 0 aliphatic carbocycles. The van der Waals surface area contributed by atoms with E-state index in [1.807, 2.05) is 6.92 Å². The molecule has 1 aliphatic rings. The van der Waals surface area contributed by atoms with Crippen LogP contribution in [-0.2, 0) is 6.54 Å². The van der Waals surface area contributed by atoms with E-state index in [9.17, 15) is 0 Å². The number of hydrogen-bond acceptors (Lipinski definition) is 3. The summed E-state index contributed by atoms with van der Waals surface area (Å²) in [6.45, 7) is 3.85. The Morgan fingerprint density at radius 2 is 2.33 bits per heavy atom. The van der Waals surface area contributed by atoms with Crippen molar-refractivity contribution in [2.45, 2.75) is 13.5 Å². The number of anilines is 1. The van der Waals surface area contributed by atoms with Crippen LogP contribution >= 0.6 is 0 Å². The summed E-state index contributed by atoms with van der Waals surface area (Å²) in [4.78, 5) is 6.61. The second kappa shape index (κ2) is 2.75. The first-order valence-electron chi connectivity index (χ1n) is 4.16. The largest absolute Gasteiger partial charge is 0.347 e. The number of rotatable bonds is 0. The maximum absolute atomic E-state index is 4.48. The minimum absolute atomic E-state index is 0.892. The highest BCUT2D eigenvalue weighted by atomic mass is 15.3. The van der Waals surface area contributed by atoms with Crippen LogP contribution in [0, 0.1) is 6.92 Å². The lowest BCUT2D eigenvalue weighted by molar-refractivity contribution is 0.636. The first-order valence-corrected chi connectivity index (χ1v) is 4.16. The molecule has 0 aromatic carbocycles. The van der Waals surface area contributed by atoms with Gasteiger partial charge in [-0.3, -0.25) is 5.32 Å². The van der Waals surface area contributed by atoms with Gasteiger partial charge in [0.1, 0.15) is 5.82 Å². The zero-order valence-electron chi connectivity index (χ0n) is 7.46. The lowest BCUT2D eigenvalue weighted by atomic mass is 10.2. The van der Waals surface area contributed by atoms with E-state index in [4.69, 9.17) is 0 Å². The molecule has 0 saturated heterocycles. The molecule has 2 heterocycles. The van der Waals surface area contributed by atoms with Crippen LogP contribution in [0.4, 0.5) is 5.82 Å². The Kier molecular flexibility index (Phi) is 1.73. The van der Waals surface area contributed by atoms with Gasteiger partial charge < -0.3 is 4.90 Å². The standard InChI is InChI=1S/C9H13N3/c1-7-3-4-8-5-10-6-12(2)9(8)11-7/h3-4,10H,5-6H2,1-2H3. The Labute approximate surface area is 72.4 Å². The quantitative estimate of drug-likeness (QED) is 0.615. The number of aryl methyl sites for hydroxylation is 1. The van der Waals surface area contributed by atoms with Crippen molar-refractivity contribution in [2.24, 2.45) is 0 Å². The topological polar surface area (TPSA) is 28.2 Å². The van der Waals surface area contributed by atoms with Crippen molar-refractivity contribution in [3.8, 4) is 0 Å². The number of hydrogen-bond donors (Lipinski definition) is 1. The molecule has 0 amide bonds. The van der Waals surface area contributed by atoms with Gasteiger partial charge in [0.05, 0.1) is 6.67 Å². The predicted octanol–water partition coefficient (Wildman–Crippen LogP) is 0.887. The average molecular weight is 163 g/mol. The van der Waals surface area contributed by atoms with Gasteiger partial charge in [0.15, 0.2) is 0 Å². The van der Waals surface area contributed by atoms with Crippen LogP contribution < -0.4 is 10.2 Å². The summed E-state index contributed by atoms with van der Waals surface area (Å²) < 4.78 is 0. The molecule has 0 fully saturated rings. The van der Waals surface area contributed by atoms with Crippen molar-refractivity contribution in [1.82, 2.24) is 10.3 Å². The highest BCUT2D eigenvalue weighted by Crippen LogP contribution is 2.19. The highest BCUT2D eigenvalue weighted by molar-refractivity contribution is 5.48. The molecule has 3 nitrogen and oxygen atoms in total. The summed E-state index contributed by atoms with van der Waals surface area (Å²) in [5.41, 5.74) is 2.37. The molecule has 0 unspecified atom stereocenters. The Bertz CT molecular complexity index is 296. The molecule has 1 aromatic rings. The van der Waals surface area contributed by atoms with Crippen LogP contribution in [0.25, 0.3) is 0 Å². The van der Waals surface area contributed by atoms with Crippen LogP contribution in [0.15, 0.2) is 12.1 Å². The van der Waals surface area contributed by atoms with Gasteiger partial charge >= 0.3 is 0 Å². The van der Waals surface area contributed by atoms with Gasteiger partial charge in [0, 0.05) is 24.8 Å². The third-order valence-corrected chi connectivity index (χ3v) is 2.12. The molecular weight excluding hydrogens is 150 g/mol. The first kappa shape index (κ1) is 7.55. The van der Waals surface area contributed by atoms with E-state index in [2.05, 4.69) is 34.4 Å². The SMILES string of the molecule is Cc1ccc2c(n1)N(C)CNC2. The van der Waals surface area contributed by atoms with Crippen LogP contribution in [0.1, 0.15) is 11.3 Å². The zero-order chi connectivity index (χ0) is 8.55. The van der Waals surface area contributed by atoms with Crippen LogP contribution in [0.3, 0.4) is 0 Å². The monoisotopic (exact) mass is 163 g/mol. The average Bonchev–Trinajstić information content (AvgIpc) is 2.07. The maximum atomic E-state index is 4.48. The number of pyridine rings is 1. The summed E-state index contributed by atoms with van der Waals surface area (Å²) >= 11 is 0. The molecule has 1 N–H and O–H groups in total. The van der Waals surface area contributed by atoms with E-state index in [0.29, 0.717) is 0 Å². The van der Waals surface area contributed by atoms with Crippen molar-refractivity contribution in [2.75, 3.05) is 18.6 Å². The predicted molar refractivity (Wildman–Crippen MR) is 49.1 cm³/mol. The molecule has 64 valence electrons. The Morgan fingerprint density at radius 1 is 1.50 bits per heavy atom. The molecule has 12 heavy (non-hydrogen) atoms. The number of nitrogens with zero attached hydrogens (tertiary/aromatic N) is 2. The van der Waals surface area contributed by atoms with E-state index in [1.165, 1.54) is 5.56 Å². The summed E-state index contributed by atoms with van der Waals surface area (Å²) in [6.07, 6.45) is 0. The van der Waals surface area contributed by atoms with Crippen LogP contribution in [0.5, 0.6) is 0 Å². The molecule has 0 spiro atoms. The van der Waals surface area contributed by atoms with E-state index in [1.54, 1.807) is 0 Å². The second-order valence-corrected chi connectivity index (χ2v) is 3.22. The van der Waals surface area contributed by atoms with Gasteiger partial charge in [-0.15, -0.1) is 0 Å². The lowest BCUT2D eigenvalue weighted by Crippen LogP contribution is -2.36. The second-order valence-electron chi connectivity index (χ2n) is 3.22. The van der Waals surface area contributed by atoms with E-state index >= 15 is 0 Å². The fourth-order valence-electron chi connectivity index (χ4n) is 1.47. The smallest absolute Gasteiger partial charge is 0.134 e. The Morgan fingerprint density at radius 3 is 3.17 bits per heavy atom. The summed E-state index contributed by atoms with van der Waals surface area (Å²) in [5.74, 6) is 1.12. The van der Waals surface area contributed by atoms with E-state index in [0.717, 1.165) is 24.7 Å². The molecule has 0 radical (unpaired) electrons. The fourth-order valence-corrected chi connectivity index (χ4v) is 1.47. The molecule has 0 saturated carbocycles. The maximum Gasteiger partial charge on any atom is 0.134 e. The molecule has 1 aliphatic heterocycles. The summed E-state index contributed by atoms with van der Waals surface area (Å²) in [7, 11) is 2.05. The fraction of sp³-hybridized carbons (Fsp3) is 0.444. The van der Waals surface area contributed by atoms with Gasteiger partial charge in [0.25, 0.3) is 0 Å². The van der Waals surface area contributed by atoms with Gasteiger partial charge in [-0.2, -0.15) is 0 Å². The first-order chi connectivity index (χ1) is 5.77. The van der Waals surface area contributed by atoms with Gasteiger partial charge in [-0.05, 0) is 13.0 Å². The van der Waals surface area contributed by atoms with Crippen molar-refractivity contribution < 1.29 is 0 Å². The van der Waals surface area contributed by atoms with Crippen molar-refractivity contribution >= 4 is 5.82 Å². The normalized spacial score (nSPS) is 16.0. The van der Waals surface area contributed by atoms with Crippen molar-refractivity contribution in [1.29, 1.82) is 0 Å². The Hall–Kier alpha value is -1.09. The van der Waals surface area contributed by atoms with Crippen molar-refractivity contribution in [3.05, 3.63) is 23.4 Å². The van der Waals surface area contributed by atoms with Crippen LogP contribution in [0.2, 0.25) is 0 Å². The van der Waals surface area contributed by atoms with Gasteiger partial charge in [0.2, 0.25) is 0 Å². The molecular formula is C9H13N3. The number of nitrogens with one attached hydrogen (secondary N) is 1. The molecule has 1 aromatic heterocycles. The van der Waals surface area contributed by atoms with Gasteiger partial charge in [-0.1, -0.05) is 6.07 Å². The molecule has 0 bridgehead atoms. The highest BCUT2D eigenvalue weighted by Gasteiger charge is 2.13. The zero-order valence-corrected chi connectivity index (χ0v) is 7.46. The molecule has 2 rings (SSSR count). The Balaban J connectivity index is 2.47. The minimum Gasteiger partial charge on any atom is -0.347 e.